The number of pyridine rings is 1. The van der Waals surface area contributed by atoms with Crippen molar-refractivity contribution in [3.63, 3.8) is 0 Å². The first-order valence-corrected chi connectivity index (χ1v) is 9.23. The lowest BCUT2D eigenvalue weighted by Crippen LogP contribution is -2.24. The van der Waals surface area contributed by atoms with E-state index < -0.39 is 0 Å². The summed E-state index contributed by atoms with van der Waals surface area (Å²) in [5.74, 6) is 0.539. The molecular formula is C22H21N5O2. The summed E-state index contributed by atoms with van der Waals surface area (Å²) in [6, 6.07) is 9.93. The summed E-state index contributed by atoms with van der Waals surface area (Å²) in [4.78, 5) is 28.3. The summed E-state index contributed by atoms with van der Waals surface area (Å²) in [7, 11) is 1.62. The van der Waals surface area contributed by atoms with E-state index in [2.05, 4.69) is 38.2 Å². The highest BCUT2D eigenvalue weighted by molar-refractivity contribution is 5.95. The molecule has 1 amide bonds. The van der Waals surface area contributed by atoms with Crippen LogP contribution in [-0.2, 0) is 6.54 Å². The van der Waals surface area contributed by atoms with E-state index in [0.29, 0.717) is 17.8 Å². The topological polar surface area (TPSA) is 92.8 Å². The summed E-state index contributed by atoms with van der Waals surface area (Å²) in [6.45, 7) is 4.28. The second-order valence-electron chi connectivity index (χ2n) is 6.79. The molecule has 2 N–H and O–H groups in total. The Labute approximate surface area is 168 Å². The molecule has 0 saturated heterocycles. The number of hydrogen-bond donors (Lipinski definition) is 2. The number of rotatable bonds is 5. The molecule has 0 fully saturated rings. The van der Waals surface area contributed by atoms with Crippen LogP contribution in [0.5, 0.6) is 5.75 Å². The number of ether oxygens (including phenoxy) is 1. The number of hydrogen-bond acceptors (Lipinski definition) is 5. The van der Waals surface area contributed by atoms with Crippen molar-refractivity contribution in [3.8, 4) is 17.1 Å². The fourth-order valence-corrected chi connectivity index (χ4v) is 3.28. The maximum Gasteiger partial charge on any atom is 0.254 e. The highest BCUT2D eigenvalue weighted by Gasteiger charge is 2.13. The number of methoxy groups -OCH3 is 1. The molecule has 4 rings (SSSR count). The van der Waals surface area contributed by atoms with Crippen molar-refractivity contribution in [1.82, 2.24) is 25.3 Å². The normalized spacial score (nSPS) is 10.9. The molecule has 0 spiro atoms. The molecule has 0 unspecified atom stereocenters. The predicted molar refractivity (Wildman–Crippen MR) is 111 cm³/mol. The Kier molecular flexibility index (Phi) is 4.95. The molecule has 29 heavy (non-hydrogen) atoms. The SMILES string of the molecule is COc1ccc(-c2[nH]c3ccc(CNC(=O)c4cncnc4C)cc3c2C)nc1. The Morgan fingerprint density at radius 2 is 2.00 bits per heavy atom. The van der Waals surface area contributed by atoms with Gasteiger partial charge < -0.3 is 15.0 Å². The van der Waals surface area contributed by atoms with Gasteiger partial charge in [-0.3, -0.25) is 9.78 Å². The van der Waals surface area contributed by atoms with Crippen molar-refractivity contribution >= 4 is 16.8 Å². The van der Waals surface area contributed by atoms with Crippen molar-refractivity contribution in [2.75, 3.05) is 7.11 Å². The lowest BCUT2D eigenvalue weighted by Gasteiger charge is -2.07. The van der Waals surface area contributed by atoms with Gasteiger partial charge in [0, 0.05) is 23.6 Å². The summed E-state index contributed by atoms with van der Waals surface area (Å²) in [5.41, 5.74) is 6.12. The number of nitrogens with one attached hydrogen (secondary N) is 2. The first-order valence-electron chi connectivity index (χ1n) is 9.23. The van der Waals surface area contributed by atoms with Crippen LogP contribution in [-0.4, -0.2) is 33.0 Å². The van der Waals surface area contributed by atoms with Crippen molar-refractivity contribution in [2.24, 2.45) is 0 Å². The van der Waals surface area contributed by atoms with Gasteiger partial charge in [0.15, 0.2) is 0 Å². The zero-order valence-electron chi connectivity index (χ0n) is 16.5. The Balaban J connectivity index is 1.57. The molecule has 146 valence electrons. The molecule has 1 aromatic carbocycles. The van der Waals surface area contributed by atoms with Crippen LogP contribution in [0.4, 0.5) is 0 Å². The highest BCUT2D eigenvalue weighted by atomic mass is 16.5. The molecule has 0 atom stereocenters. The van der Waals surface area contributed by atoms with E-state index in [9.17, 15) is 4.79 Å². The van der Waals surface area contributed by atoms with Gasteiger partial charge in [0.05, 0.1) is 36.0 Å². The first kappa shape index (κ1) is 18.6. The van der Waals surface area contributed by atoms with E-state index in [1.165, 1.54) is 12.5 Å². The van der Waals surface area contributed by atoms with Crippen LogP contribution in [0, 0.1) is 13.8 Å². The van der Waals surface area contributed by atoms with E-state index in [1.54, 1.807) is 20.2 Å². The molecule has 4 aromatic rings. The number of fused-ring (bicyclic) bond motifs is 1. The third kappa shape index (κ3) is 3.67. The smallest absolute Gasteiger partial charge is 0.254 e. The van der Waals surface area contributed by atoms with Crippen LogP contribution in [0.2, 0.25) is 0 Å². The van der Waals surface area contributed by atoms with Crippen molar-refractivity contribution in [2.45, 2.75) is 20.4 Å². The van der Waals surface area contributed by atoms with Gasteiger partial charge in [-0.2, -0.15) is 0 Å². The molecule has 0 saturated carbocycles. The average Bonchev–Trinajstić information content (AvgIpc) is 3.08. The predicted octanol–water partition coefficient (Wildman–Crippen LogP) is 3.58. The molecule has 0 aliphatic rings. The second kappa shape index (κ2) is 7.71. The second-order valence-corrected chi connectivity index (χ2v) is 6.79. The Morgan fingerprint density at radius 1 is 1.14 bits per heavy atom. The number of carbonyl (C=O) groups is 1. The lowest BCUT2D eigenvalue weighted by atomic mass is 10.1. The quantitative estimate of drug-likeness (QED) is 0.546. The van der Waals surface area contributed by atoms with Crippen molar-refractivity contribution in [1.29, 1.82) is 0 Å². The van der Waals surface area contributed by atoms with E-state index >= 15 is 0 Å². The number of aromatic nitrogens is 4. The third-order valence-corrected chi connectivity index (χ3v) is 4.96. The van der Waals surface area contributed by atoms with E-state index in [4.69, 9.17) is 4.74 Å². The number of carbonyl (C=O) groups excluding carboxylic acids is 1. The third-order valence-electron chi connectivity index (χ3n) is 4.96. The van der Waals surface area contributed by atoms with Crippen LogP contribution in [0.25, 0.3) is 22.3 Å². The maximum absolute atomic E-state index is 12.4. The van der Waals surface area contributed by atoms with Crippen LogP contribution in [0.15, 0.2) is 49.1 Å². The van der Waals surface area contributed by atoms with Crippen LogP contribution < -0.4 is 10.1 Å². The number of aromatic amines is 1. The maximum atomic E-state index is 12.4. The Morgan fingerprint density at radius 3 is 2.72 bits per heavy atom. The minimum absolute atomic E-state index is 0.183. The van der Waals surface area contributed by atoms with Crippen LogP contribution in [0.1, 0.15) is 27.2 Å². The Bertz CT molecular complexity index is 1180. The van der Waals surface area contributed by atoms with Gasteiger partial charge in [0.2, 0.25) is 0 Å². The molecule has 3 heterocycles. The molecule has 7 nitrogen and oxygen atoms in total. The number of benzene rings is 1. The van der Waals surface area contributed by atoms with Crippen LogP contribution >= 0.6 is 0 Å². The zero-order chi connectivity index (χ0) is 20.4. The van der Waals surface area contributed by atoms with E-state index in [1.807, 2.05) is 24.3 Å². The number of aryl methyl sites for hydroxylation is 2. The molecule has 0 bridgehead atoms. The summed E-state index contributed by atoms with van der Waals surface area (Å²) < 4.78 is 5.18. The van der Waals surface area contributed by atoms with E-state index in [0.717, 1.165) is 39.2 Å². The molecule has 3 aromatic heterocycles. The number of H-pyrrole nitrogens is 1. The molecule has 0 radical (unpaired) electrons. The van der Waals surface area contributed by atoms with Gasteiger partial charge in [-0.1, -0.05) is 6.07 Å². The lowest BCUT2D eigenvalue weighted by molar-refractivity contribution is 0.0949. The number of amides is 1. The molecule has 7 heteroatoms. The monoisotopic (exact) mass is 387 g/mol. The van der Waals surface area contributed by atoms with Gasteiger partial charge in [-0.05, 0) is 49.2 Å². The molecule has 0 aliphatic heterocycles. The van der Waals surface area contributed by atoms with Gasteiger partial charge in [0.1, 0.15) is 12.1 Å². The highest BCUT2D eigenvalue weighted by Crippen LogP contribution is 2.29. The minimum atomic E-state index is -0.183. The van der Waals surface area contributed by atoms with Crippen molar-refractivity contribution < 1.29 is 9.53 Å². The van der Waals surface area contributed by atoms with Gasteiger partial charge in [-0.25, -0.2) is 9.97 Å². The van der Waals surface area contributed by atoms with Gasteiger partial charge in [0.25, 0.3) is 5.91 Å². The summed E-state index contributed by atoms with van der Waals surface area (Å²) >= 11 is 0. The minimum Gasteiger partial charge on any atom is -0.495 e. The largest absolute Gasteiger partial charge is 0.495 e. The standard InChI is InChI=1S/C22H21N5O2/c1-13-17-8-15(9-25-22(28)18-11-23-12-26-14(18)2)4-6-19(17)27-21(13)20-7-5-16(29-3)10-24-20/h4-8,10-12,27H,9H2,1-3H3,(H,25,28). The van der Waals surface area contributed by atoms with Gasteiger partial charge >= 0.3 is 0 Å². The zero-order valence-corrected chi connectivity index (χ0v) is 16.5. The first-order chi connectivity index (χ1) is 14.1. The average molecular weight is 387 g/mol. The fraction of sp³-hybridized carbons (Fsp3) is 0.182. The van der Waals surface area contributed by atoms with Gasteiger partial charge in [-0.15, -0.1) is 0 Å². The van der Waals surface area contributed by atoms with E-state index in [-0.39, 0.29) is 5.91 Å². The fourth-order valence-electron chi connectivity index (χ4n) is 3.28. The van der Waals surface area contributed by atoms with Crippen molar-refractivity contribution in [3.05, 3.63) is 71.4 Å². The number of nitrogens with zero attached hydrogens (tertiary/aromatic N) is 3. The summed E-state index contributed by atoms with van der Waals surface area (Å²) in [5, 5.41) is 4.04. The van der Waals surface area contributed by atoms with Crippen LogP contribution in [0.3, 0.4) is 0 Å². The Hall–Kier alpha value is -3.74. The summed E-state index contributed by atoms with van der Waals surface area (Å²) in [6.07, 6.45) is 4.67. The molecule has 0 aliphatic carbocycles. The molecular weight excluding hydrogens is 366 g/mol.